The molecule has 1 unspecified atom stereocenters. The molecule has 0 fully saturated rings. The Kier molecular flexibility index (Phi) is 9.24. The smallest absolute Gasteiger partial charge is 0.307 e. The molecule has 0 aliphatic heterocycles. The number of carboxylic acids is 1. The Labute approximate surface area is 194 Å². The van der Waals surface area contributed by atoms with Crippen LogP contribution in [0.3, 0.4) is 0 Å². The molecule has 1 atom stereocenters. The number of aryl methyl sites for hydroxylation is 1. The van der Waals surface area contributed by atoms with Crippen LogP contribution in [0.4, 0.5) is 0 Å². The van der Waals surface area contributed by atoms with Crippen LogP contribution in [0, 0.1) is 0 Å². The van der Waals surface area contributed by atoms with Crippen molar-refractivity contribution in [3.8, 4) is 5.75 Å². The van der Waals surface area contributed by atoms with Gasteiger partial charge >= 0.3 is 5.97 Å². The molecule has 6 heteroatoms. The number of benzene rings is 3. The number of fused-ring (bicyclic) bond motifs is 1. The second-order valence-corrected chi connectivity index (χ2v) is 8.43. The average Bonchev–Trinajstić information content (AvgIpc) is 2.81. The number of rotatable bonds is 13. The van der Waals surface area contributed by atoms with Crippen molar-refractivity contribution in [2.45, 2.75) is 51.2 Å². The van der Waals surface area contributed by atoms with Gasteiger partial charge in [0.2, 0.25) is 0 Å². The minimum absolute atomic E-state index is 0.0279. The van der Waals surface area contributed by atoms with Gasteiger partial charge in [-0.3, -0.25) is 4.79 Å². The predicted molar refractivity (Wildman–Crippen MR) is 129 cm³/mol. The molecule has 3 rings (SSSR count). The summed E-state index contributed by atoms with van der Waals surface area (Å²) < 4.78 is 0. The van der Waals surface area contributed by atoms with Gasteiger partial charge in [-0.15, -0.1) is 0 Å². The van der Waals surface area contributed by atoms with Gasteiger partial charge in [-0.05, 0) is 65.4 Å². The summed E-state index contributed by atoms with van der Waals surface area (Å²) in [6, 6.07) is 16.8. The van der Waals surface area contributed by atoms with E-state index >= 15 is 0 Å². The first-order valence-electron chi connectivity index (χ1n) is 11.5. The Hall–Kier alpha value is -2.93. The Morgan fingerprint density at radius 3 is 2.52 bits per heavy atom. The van der Waals surface area contributed by atoms with Crippen LogP contribution < -0.4 is 5.32 Å². The quantitative estimate of drug-likeness (QED) is 0.250. The molecule has 3 aromatic carbocycles. The summed E-state index contributed by atoms with van der Waals surface area (Å²) in [4.78, 5) is 11.4. The van der Waals surface area contributed by atoms with Crippen LogP contribution in [0.2, 0.25) is 0 Å². The van der Waals surface area contributed by atoms with Crippen molar-refractivity contribution in [2.24, 2.45) is 0 Å². The van der Waals surface area contributed by atoms with Gasteiger partial charge in [0.05, 0.1) is 19.1 Å². The Morgan fingerprint density at radius 1 is 0.939 bits per heavy atom. The van der Waals surface area contributed by atoms with Crippen molar-refractivity contribution in [3.05, 3.63) is 76.9 Å². The molecule has 0 aromatic heterocycles. The highest BCUT2D eigenvalue weighted by molar-refractivity contribution is 5.89. The lowest BCUT2D eigenvalue weighted by Gasteiger charge is -2.14. The second-order valence-electron chi connectivity index (χ2n) is 8.43. The zero-order valence-corrected chi connectivity index (χ0v) is 18.8. The van der Waals surface area contributed by atoms with E-state index in [9.17, 15) is 25.2 Å². The monoisotopic (exact) mass is 451 g/mol. The maximum atomic E-state index is 11.4. The molecule has 0 aliphatic carbocycles. The lowest BCUT2D eigenvalue weighted by molar-refractivity contribution is -0.136. The number of hydrogen-bond donors (Lipinski definition) is 5. The van der Waals surface area contributed by atoms with Crippen LogP contribution in [-0.4, -0.2) is 39.5 Å². The van der Waals surface area contributed by atoms with Crippen molar-refractivity contribution in [2.75, 3.05) is 13.1 Å². The number of carboxylic acid groups (broad SMARTS) is 1. The Bertz CT molecular complexity index is 1070. The fraction of sp³-hybridized carbons (Fsp3) is 0.370. The summed E-state index contributed by atoms with van der Waals surface area (Å²) in [5.74, 6) is -0.777. The molecule has 33 heavy (non-hydrogen) atoms. The van der Waals surface area contributed by atoms with Gasteiger partial charge in [0.15, 0.2) is 0 Å². The van der Waals surface area contributed by atoms with Gasteiger partial charge in [0.25, 0.3) is 0 Å². The minimum Gasteiger partial charge on any atom is -0.508 e. The molecule has 0 spiro atoms. The van der Waals surface area contributed by atoms with Crippen molar-refractivity contribution in [3.63, 3.8) is 0 Å². The van der Waals surface area contributed by atoms with Crippen LogP contribution in [0.5, 0.6) is 5.75 Å². The number of nitrogens with one attached hydrogen (secondary N) is 1. The molecule has 0 amide bonds. The number of aliphatic hydroxyl groups excluding tert-OH is 2. The first kappa shape index (κ1) is 24.7. The fourth-order valence-corrected chi connectivity index (χ4v) is 4.19. The zero-order valence-electron chi connectivity index (χ0n) is 18.8. The van der Waals surface area contributed by atoms with E-state index in [-0.39, 0.29) is 18.8 Å². The number of aromatic hydroxyl groups is 1. The van der Waals surface area contributed by atoms with Gasteiger partial charge in [0, 0.05) is 12.1 Å². The van der Waals surface area contributed by atoms with E-state index in [1.54, 1.807) is 12.1 Å². The highest BCUT2D eigenvalue weighted by atomic mass is 16.4. The van der Waals surface area contributed by atoms with Crippen molar-refractivity contribution < 1.29 is 25.2 Å². The van der Waals surface area contributed by atoms with E-state index in [4.69, 9.17) is 0 Å². The SMILES string of the molecule is O=C(O)Cc1c(CCCCCCNCC(O)c2ccc(O)c(CO)c2)ccc2ccccc12. The third-order valence-corrected chi connectivity index (χ3v) is 6.01. The fourth-order valence-electron chi connectivity index (χ4n) is 4.19. The first-order chi connectivity index (χ1) is 16.0. The molecular formula is C27H33NO5. The molecule has 0 saturated carbocycles. The summed E-state index contributed by atoms with van der Waals surface area (Å²) >= 11 is 0. The number of unbranched alkanes of at least 4 members (excludes halogenated alkanes) is 3. The number of hydrogen-bond acceptors (Lipinski definition) is 5. The van der Waals surface area contributed by atoms with Crippen LogP contribution in [0.1, 0.15) is 54.0 Å². The molecule has 0 bridgehead atoms. The number of aliphatic carboxylic acids is 1. The van der Waals surface area contributed by atoms with Gasteiger partial charge in [0.1, 0.15) is 5.75 Å². The largest absolute Gasteiger partial charge is 0.508 e. The van der Waals surface area contributed by atoms with Gasteiger partial charge in [-0.1, -0.05) is 55.3 Å². The Morgan fingerprint density at radius 2 is 1.73 bits per heavy atom. The summed E-state index contributed by atoms with van der Waals surface area (Å²) in [6.45, 7) is 0.935. The third-order valence-electron chi connectivity index (χ3n) is 6.01. The summed E-state index contributed by atoms with van der Waals surface area (Å²) in [7, 11) is 0. The molecule has 0 saturated heterocycles. The van der Waals surface area contributed by atoms with Crippen LogP contribution >= 0.6 is 0 Å². The number of aliphatic hydroxyl groups is 2. The third kappa shape index (κ3) is 7.02. The second kappa shape index (κ2) is 12.3. The maximum Gasteiger partial charge on any atom is 0.307 e. The number of phenols is 1. The van der Waals surface area contributed by atoms with Gasteiger partial charge in [-0.25, -0.2) is 0 Å². The van der Waals surface area contributed by atoms with Gasteiger partial charge < -0.3 is 25.7 Å². The predicted octanol–water partition coefficient (Wildman–Crippen LogP) is 4.09. The highest BCUT2D eigenvalue weighted by Gasteiger charge is 2.12. The van der Waals surface area contributed by atoms with E-state index in [1.807, 2.05) is 24.3 Å². The lowest BCUT2D eigenvalue weighted by atomic mass is 9.93. The lowest BCUT2D eigenvalue weighted by Crippen LogP contribution is -2.22. The van der Waals surface area contributed by atoms with E-state index in [1.165, 1.54) is 6.07 Å². The molecule has 5 N–H and O–H groups in total. The van der Waals surface area contributed by atoms with Crippen LogP contribution in [0.15, 0.2) is 54.6 Å². The molecule has 3 aromatic rings. The normalized spacial score (nSPS) is 12.2. The molecule has 6 nitrogen and oxygen atoms in total. The average molecular weight is 452 g/mol. The standard InChI is InChI=1S/C27H33NO5/c29-18-22-15-21(12-13-25(22)30)26(31)17-28-14-6-2-1-3-7-20-11-10-19-8-4-5-9-23(19)24(20)16-27(32)33/h4-5,8-13,15,26,28-31H,1-3,6-7,14,16-18H2,(H,32,33). The van der Waals surface area contributed by atoms with E-state index < -0.39 is 12.1 Å². The van der Waals surface area contributed by atoms with E-state index in [0.29, 0.717) is 17.7 Å². The topological polar surface area (TPSA) is 110 Å². The first-order valence-corrected chi connectivity index (χ1v) is 11.5. The zero-order chi connectivity index (χ0) is 23.6. The van der Waals surface area contributed by atoms with Crippen LogP contribution in [0.25, 0.3) is 10.8 Å². The summed E-state index contributed by atoms with van der Waals surface area (Å²) in [5.41, 5.74) is 3.12. The molecule has 0 heterocycles. The van der Waals surface area contributed by atoms with Crippen molar-refractivity contribution >= 4 is 16.7 Å². The van der Waals surface area contributed by atoms with Crippen molar-refractivity contribution in [1.82, 2.24) is 5.32 Å². The molecule has 0 aliphatic rings. The maximum absolute atomic E-state index is 11.4. The van der Waals surface area contributed by atoms with E-state index in [0.717, 1.165) is 60.5 Å². The summed E-state index contributed by atoms with van der Waals surface area (Å²) in [6.07, 6.45) is 4.32. The van der Waals surface area contributed by atoms with E-state index in [2.05, 4.69) is 17.4 Å². The highest BCUT2D eigenvalue weighted by Crippen LogP contribution is 2.25. The van der Waals surface area contributed by atoms with Crippen molar-refractivity contribution in [1.29, 1.82) is 0 Å². The minimum atomic E-state index is -0.805. The summed E-state index contributed by atoms with van der Waals surface area (Å²) in [5, 5.41) is 43.9. The Balaban J connectivity index is 1.39. The molecule has 176 valence electrons. The van der Waals surface area contributed by atoms with Gasteiger partial charge in [-0.2, -0.15) is 0 Å². The van der Waals surface area contributed by atoms with Crippen LogP contribution in [-0.2, 0) is 24.2 Å². The molecular weight excluding hydrogens is 418 g/mol. The molecule has 0 radical (unpaired) electrons. The number of carbonyl (C=O) groups is 1.